The summed E-state index contributed by atoms with van der Waals surface area (Å²) in [5.41, 5.74) is 0. The van der Waals surface area contributed by atoms with Crippen LogP contribution in [0.25, 0.3) is 0 Å². The molecule has 4 N–H and O–H groups in total. The van der Waals surface area contributed by atoms with Gasteiger partial charge in [0.25, 0.3) is 0 Å². The lowest BCUT2D eigenvalue weighted by molar-refractivity contribution is -0.151. The molecule has 2 heterocycles. The van der Waals surface area contributed by atoms with Crippen LogP contribution >= 0.6 is 34.2 Å². The van der Waals surface area contributed by atoms with Crippen molar-refractivity contribution in [1.29, 1.82) is 0 Å². The minimum absolute atomic E-state index is 0.00200. The molecule has 0 aromatic rings. The van der Waals surface area contributed by atoms with Gasteiger partial charge < -0.3 is 60.5 Å². The van der Waals surface area contributed by atoms with Gasteiger partial charge >= 0.3 is 0 Å². The molecule has 0 aromatic carbocycles. The number of amides is 12. The van der Waals surface area contributed by atoms with Gasteiger partial charge in [-0.25, -0.2) is 0 Å². The highest BCUT2D eigenvalue weighted by atomic mass is 127. The van der Waals surface area contributed by atoms with Crippen molar-refractivity contribution in [2.45, 2.75) is 254 Å². The maximum Gasteiger partial charge on any atom is 0.245 e. The molecular weight excluding hydrogens is 1360 g/mol. The van der Waals surface area contributed by atoms with Crippen LogP contribution in [0.5, 0.6) is 0 Å². The lowest BCUT2D eigenvalue weighted by atomic mass is 9.84. The SMILES string of the molecule is CC[C@H](C)[C@@H]1NC(=O)[C@H](C)N(C)C(=O)C[C@@H](C(=O)N2CCCCC2)NC(=O)[C@H](CC(C)C)N(C)C(=O)[C@H](CC2CCCCC2)N(C)C(=O)[C@H](CC(C)C)NC(=O)[C@H](CC2CCCC(I)C2)NC(=O)CN(C)C(=O)[C@H](CC2CCC(Cl)CC2)N(C)C(=O)CN(C)C(=O)CN(C)C1=O. The van der Waals surface area contributed by atoms with Gasteiger partial charge in [-0.3, -0.25) is 57.5 Å². The molecule has 0 aromatic heterocycles. The Bertz CT molecular complexity index is 2670. The summed E-state index contributed by atoms with van der Waals surface area (Å²) in [6, 6.07) is -9.45. The van der Waals surface area contributed by atoms with Crippen LogP contribution < -0.4 is 21.3 Å². The van der Waals surface area contributed by atoms with Gasteiger partial charge in [0.2, 0.25) is 70.9 Å². The number of hydrogen-bond acceptors (Lipinski definition) is 12. The molecule has 0 spiro atoms. The fraction of sp³-hybridized carbons (Fsp3) is 0.829. The van der Waals surface area contributed by atoms with Gasteiger partial charge in [0.15, 0.2) is 0 Å². The summed E-state index contributed by atoms with van der Waals surface area (Å²) in [6.07, 6.45) is 14.2. The molecule has 5 fully saturated rings. The average molecular weight is 1480 g/mol. The van der Waals surface area contributed by atoms with Crippen molar-refractivity contribution in [3.05, 3.63) is 0 Å². The first-order chi connectivity index (χ1) is 45.2. The molecule has 544 valence electrons. The van der Waals surface area contributed by atoms with Crippen LogP contribution in [0.15, 0.2) is 0 Å². The number of likely N-dealkylation sites (tertiary alicyclic amines) is 1. The highest BCUT2D eigenvalue weighted by Gasteiger charge is 2.43. The van der Waals surface area contributed by atoms with E-state index in [1.807, 2.05) is 34.6 Å². The first-order valence-electron chi connectivity index (χ1n) is 35.8. The molecule has 5 rings (SSSR count). The first-order valence-corrected chi connectivity index (χ1v) is 37.5. The van der Waals surface area contributed by atoms with Crippen LogP contribution in [0, 0.1) is 35.5 Å². The van der Waals surface area contributed by atoms with Crippen molar-refractivity contribution in [2.75, 3.05) is 82.1 Å². The molecule has 12 amide bonds. The molecule has 26 heteroatoms. The quantitative estimate of drug-likeness (QED) is 0.127. The third-order valence-corrected chi connectivity index (χ3v) is 22.6. The van der Waals surface area contributed by atoms with E-state index in [1.165, 1.54) is 68.8 Å². The molecule has 2 aliphatic heterocycles. The van der Waals surface area contributed by atoms with Crippen molar-refractivity contribution in [1.82, 2.24) is 60.5 Å². The summed E-state index contributed by atoms with van der Waals surface area (Å²) in [7, 11) is 10.2. The molecule has 3 saturated carbocycles. The van der Waals surface area contributed by atoms with Crippen molar-refractivity contribution in [3.63, 3.8) is 0 Å². The molecule has 5 aliphatic rings. The lowest BCUT2D eigenvalue weighted by Gasteiger charge is -2.39. The normalized spacial score (nSPS) is 30.2. The summed E-state index contributed by atoms with van der Waals surface area (Å²) in [5.74, 6) is -7.85. The van der Waals surface area contributed by atoms with E-state index in [9.17, 15) is 38.4 Å². The van der Waals surface area contributed by atoms with Gasteiger partial charge in [-0.15, -0.1) is 11.6 Å². The Morgan fingerprint density at radius 2 is 1.05 bits per heavy atom. The molecule has 2 unspecified atom stereocenters. The Balaban J connectivity index is 1.61. The second kappa shape index (κ2) is 38.9. The number of nitrogens with one attached hydrogen (secondary N) is 4. The molecule has 2 saturated heterocycles. The van der Waals surface area contributed by atoms with Crippen molar-refractivity contribution in [2.24, 2.45) is 35.5 Å². The number of alkyl halides is 2. The zero-order valence-corrected chi connectivity index (χ0v) is 63.2. The Kier molecular flexibility index (Phi) is 32.9. The summed E-state index contributed by atoms with van der Waals surface area (Å²) in [5, 5.41) is 11.7. The fourth-order valence-corrected chi connectivity index (χ4v) is 15.8. The van der Waals surface area contributed by atoms with Gasteiger partial charge in [-0.1, -0.05) is 115 Å². The average Bonchev–Trinajstić information content (AvgIpc) is 0.829. The van der Waals surface area contributed by atoms with Crippen LogP contribution in [-0.2, 0) is 57.5 Å². The monoisotopic (exact) mass is 1480 g/mol. The summed E-state index contributed by atoms with van der Waals surface area (Å²) >= 11 is 8.95. The van der Waals surface area contributed by atoms with Gasteiger partial charge in [0.05, 0.1) is 26.1 Å². The molecule has 24 nitrogen and oxygen atoms in total. The number of halogens is 2. The third-order valence-electron chi connectivity index (χ3n) is 21.0. The standard InChI is InChI=1S/C70H118ClIN12O12/c1-15-45(6)62-70(96)79(10)41-60(87)77(8)42-61(88)81(12)56(38-48-27-29-50(71)30-28-48)68(94)78(9)40-58(85)73-52(36-49-25-22-26-51(72)35-49)64(90)74-53(33-43(2)3)66(92)83(14)57(37-47-23-18-16-19-24-47)69(95)82(13)55(34-44(4)5)65(91)75-54(67(93)84-31-20-17-21-32-84)39-59(86)80(11)46(7)63(89)76-62/h43-57,62H,15-42H2,1-14H3,(H,73,85)(H,74,90)(H,75,91)(H,76,89)/t45-,46-,48?,49?,50?,51?,52-,53-,54-,55-,56-,57-,62-/m0/s1. The zero-order valence-electron chi connectivity index (χ0n) is 60.3. The van der Waals surface area contributed by atoms with Crippen LogP contribution in [0.1, 0.15) is 196 Å². The molecular formula is C70H118ClIN12O12. The van der Waals surface area contributed by atoms with E-state index in [2.05, 4.69) is 43.9 Å². The van der Waals surface area contributed by atoms with Crippen molar-refractivity contribution < 1.29 is 57.5 Å². The number of hydrogen-bond donors (Lipinski definition) is 4. The Morgan fingerprint density at radius 1 is 0.500 bits per heavy atom. The predicted octanol–water partition coefficient (Wildman–Crippen LogP) is 5.73. The van der Waals surface area contributed by atoms with Gasteiger partial charge in [0, 0.05) is 71.7 Å². The van der Waals surface area contributed by atoms with Gasteiger partial charge in [0.1, 0.15) is 48.3 Å². The largest absolute Gasteiger partial charge is 0.343 e. The van der Waals surface area contributed by atoms with Crippen LogP contribution in [0.2, 0.25) is 0 Å². The van der Waals surface area contributed by atoms with Gasteiger partial charge in [-0.05, 0) is 132 Å². The van der Waals surface area contributed by atoms with Crippen LogP contribution in [-0.4, -0.2) is 250 Å². The number of carbonyl (C=O) groups is 12. The maximum atomic E-state index is 15.6. The Labute approximate surface area is 591 Å². The number of likely N-dealkylation sites (N-methyl/N-ethyl adjacent to an activating group) is 7. The summed E-state index contributed by atoms with van der Waals surface area (Å²) in [4.78, 5) is 187. The van der Waals surface area contributed by atoms with Crippen molar-refractivity contribution in [3.8, 4) is 0 Å². The third kappa shape index (κ3) is 24.0. The van der Waals surface area contributed by atoms with Gasteiger partial charge in [-0.2, -0.15) is 0 Å². The van der Waals surface area contributed by atoms with E-state index in [-0.39, 0.29) is 67.1 Å². The fourth-order valence-electron chi connectivity index (χ4n) is 14.4. The lowest BCUT2D eigenvalue weighted by Crippen LogP contribution is -2.61. The molecule has 3 aliphatic carbocycles. The van der Waals surface area contributed by atoms with E-state index in [4.69, 9.17) is 11.6 Å². The topological polar surface area (TPSA) is 279 Å². The highest BCUT2D eigenvalue weighted by Crippen LogP contribution is 2.35. The molecule has 0 radical (unpaired) electrons. The predicted molar refractivity (Wildman–Crippen MR) is 378 cm³/mol. The van der Waals surface area contributed by atoms with Crippen LogP contribution in [0.3, 0.4) is 0 Å². The Morgan fingerprint density at radius 3 is 1.65 bits per heavy atom. The molecule has 11 atom stereocenters. The van der Waals surface area contributed by atoms with Crippen LogP contribution in [0.4, 0.5) is 0 Å². The minimum Gasteiger partial charge on any atom is -0.343 e. The number of carbonyl (C=O) groups excluding carboxylic acids is 12. The second-order valence-electron chi connectivity index (χ2n) is 29.7. The maximum absolute atomic E-state index is 15.6. The van der Waals surface area contributed by atoms with Crippen molar-refractivity contribution >= 4 is 105 Å². The number of rotatable bonds is 13. The smallest absolute Gasteiger partial charge is 0.245 e. The summed E-state index contributed by atoms with van der Waals surface area (Å²) < 4.78 is 0.344. The molecule has 0 bridgehead atoms. The number of piperidine rings is 1. The minimum atomic E-state index is -1.42. The zero-order chi connectivity index (χ0) is 71.4. The highest BCUT2D eigenvalue weighted by molar-refractivity contribution is 14.1. The van der Waals surface area contributed by atoms with E-state index < -0.39 is 151 Å². The van der Waals surface area contributed by atoms with E-state index in [0.29, 0.717) is 62.0 Å². The van der Waals surface area contributed by atoms with E-state index in [1.54, 1.807) is 18.9 Å². The first kappa shape index (κ1) is 81.3. The van der Waals surface area contributed by atoms with E-state index in [0.717, 1.165) is 78.9 Å². The van der Waals surface area contributed by atoms with E-state index >= 15 is 19.2 Å². The Hall–Kier alpha value is -5.34. The number of nitrogens with zero attached hydrogens (tertiary/aromatic N) is 8. The summed E-state index contributed by atoms with van der Waals surface area (Å²) in [6.45, 7) is 12.1. The second-order valence-corrected chi connectivity index (χ2v) is 32.1. The molecule has 96 heavy (non-hydrogen) atoms.